The van der Waals surface area contributed by atoms with Crippen molar-refractivity contribution in [3.8, 4) is 5.88 Å². The molecule has 0 radical (unpaired) electrons. The Morgan fingerprint density at radius 3 is 2.55 bits per heavy atom. The summed E-state index contributed by atoms with van der Waals surface area (Å²) in [5, 5.41) is 17.7. The van der Waals surface area contributed by atoms with Gasteiger partial charge in [-0.15, -0.1) is 0 Å². The van der Waals surface area contributed by atoms with Crippen LogP contribution in [0.1, 0.15) is 69.8 Å². The average Bonchev–Trinajstić information content (AvgIpc) is 3.46. The Morgan fingerprint density at radius 1 is 1.07 bits per heavy atom. The molecule has 3 fully saturated rings. The van der Waals surface area contributed by atoms with Gasteiger partial charge < -0.3 is 20.5 Å². The number of nitrogens with one attached hydrogen (secondary N) is 2. The molecule has 0 bridgehead atoms. The van der Waals surface area contributed by atoms with Gasteiger partial charge in [-0.1, -0.05) is 0 Å². The summed E-state index contributed by atoms with van der Waals surface area (Å²) in [6.45, 7) is 4.17. The van der Waals surface area contributed by atoms with Crippen molar-refractivity contribution >= 4 is 16.9 Å². The number of pyridine rings is 1. The van der Waals surface area contributed by atoms with Crippen LogP contribution in [0.4, 0.5) is 5.95 Å². The number of hydrogen-bond acceptors (Lipinski definition) is 7. The van der Waals surface area contributed by atoms with Crippen molar-refractivity contribution < 1.29 is 9.84 Å². The number of nitrogens with zero attached hydrogens (tertiary/aromatic N) is 3. The maximum Gasteiger partial charge on any atom is 0.224 e. The fourth-order valence-corrected chi connectivity index (χ4v) is 4.51. The van der Waals surface area contributed by atoms with Crippen molar-refractivity contribution in [2.45, 2.75) is 82.0 Å². The highest BCUT2D eigenvalue weighted by molar-refractivity contribution is 5.86. The summed E-state index contributed by atoms with van der Waals surface area (Å²) in [6, 6.07) is 0. The molecule has 2 aromatic heterocycles. The van der Waals surface area contributed by atoms with Crippen molar-refractivity contribution in [2.24, 2.45) is 0 Å². The summed E-state index contributed by atoms with van der Waals surface area (Å²) in [5.74, 6) is 1.71. The fraction of sp³-hybridized carbons (Fsp3) is 0.682. The molecule has 3 N–H and O–H groups in total. The van der Waals surface area contributed by atoms with Crippen LogP contribution in [-0.4, -0.2) is 50.9 Å². The third kappa shape index (κ3) is 4.16. The standard InChI is InChI=1S/C22H31N5O2/c1-22(8-9-22)27-21-25-13-18-19(26-21)17(14-2-4-15(28)5-3-14)12-24-20(18)29-16-6-10-23-11-7-16/h12-16,23,28H,2-11H2,1H3,(H,25,26,27)/t14-,15-. The number of anilines is 1. The number of hydrogen-bond donors (Lipinski definition) is 3. The summed E-state index contributed by atoms with van der Waals surface area (Å²) >= 11 is 0. The second-order valence-corrected chi connectivity index (χ2v) is 9.23. The van der Waals surface area contributed by atoms with Gasteiger partial charge in [0.25, 0.3) is 0 Å². The molecule has 3 heterocycles. The van der Waals surface area contributed by atoms with Gasteiger partial charge in [-0.3, -0.25) is 0 Å². The van der Waals surface area contributed by atoms with Crippen LogP contribution in [0.5, 0.6) is 5.88 Å². The number of aromatic nitrogens is 3. The van der Waals surface area contributed by atoms with E-state index in [-0.39, 0.29) is 17.7 Å². The van der Waals surface area contributed by atoms with Crippen LogP contribution >= 0.6 is 0 Å². The summed E-state index contributed by atoms with van der Waals surface area (Å²) in [7, 11) is 0. The molecule has 5 rings (SSSR count). The van der Waals surface area contributed by atoms with Crippen LogP contribution in [-0.2, 0) is 0 Å². The first kappa shape index (κ1) is 19.0. The smallest absolute Gasteiger partial charge is 0.224 e. The highest BCUT2D eigenvalue weighted by Crippen LogP contribution is 2.40. The van der Waals surface area contributed by atoms with Gasteiger partial charge in [-0.25, -0.2) is 15.0 Å². The molecule has 0 unspecified atom stereocenters. The molecule has 3 aliphatic rings. The van der Waals surface area contributed by atoms with Crippen molar-refractivity contribution in [3.05, 3.63) is 18.0 Å². The van der Waals surface area contributed by atoms with E-state index in [2.05, 4.69) is 22.5 Å². The lowest BCUT2D eigenvalue weighted by atomic mass is 9.83. The Kier molecular flexibility index (Phi) is 5.04. The largest absolute Gasteiger partial charge is 0.474 e. The maximum atomic E-state index is 9.92. The van der Waals surface area contributed by atoms with Crippen LogP contribution in [0.2, 0.25) is 0 Å². The molecule has 2 saturated carbocycles. The zero-order valence-electron chi connectivity index (χ0n) is 17.2. The first-order chi connectivity index (χ1) is 14.1. The second-order valence-electron chi connectivity index (χ2n) is 9.23. The lowest BCUT2D eigenvalue weighted by molar-refractivity contribution is 0.122. The minimum Gasteiger partial charge on any atom is -0.474 e. The number of aliphatic hydroxyl groups excluding tert-OH is 1. The second kappa shape index (κ2) is 7.69. The summed E-state index contributed by atoms with van der Waals surface area (Å²) in [5.41, 5.74) is 2.24. The first-order valence-electron chi connectivity index (χ1n) is 11.1. The molecule has 29 heavy (non-hydrogen) atoms. The zero-order chi connectivity index (χ0) is 19.8. The van der Waals surface area contributed by atoms with Gasteiger partial charge in [0, 0.05) is 23.5 Å². The van der Waals surface area contributed by atoms with E-state index in [4.69, 9.17) is 14.7 Å². The van der Waals surface area contributed by atoms with Crippen LogP contribution in [0.15, 0.2) is 12.4 Å². The Morgan fingerprint density at radius 2 is 1.83 bits per heavy atom. The molecule has 156 valence electrons. The van der Waals surface area contributed by atoms with E-state index in [1.165, 1.54) is 0 Å². The molecule has 0 amide bonds. The molecule has 1 aliphatic heterocycles. The molecule has 0 spiro atoms. The molecule has 2 aliphatic carbocycles. The molecular formula is C22H31N5O2. The third-order valence-electron chi connectivity index (χ3n) is 6.73. The van der Waals surface area contributed by atoms with Crippen LogP contribution in [0, 0.1) is 0 Å². The van der Waals surface area contributed by atoms with Gasteiger partial charge in [-0.2, -0.15) is 0 Å². The van der Waals surface area contributed by atoms with Crippen LogP contribution in [0.3, 0.4) is 0 Å². The predicted molar refractivity (Wildman–Crippen MR) is 112 cm³/mol. The van der Waals surface area contributed by atoms with E-state index in [1.807, 2.05) is 12.4 Å². The Hall–Kier alpha value is -1.99. The fourth-order valence-electron chi connectivity index (χ4n) is 4.51. The monoisotopic (exact) mass is 397 g/mol. The number of rotatable bonds is 5. The van der Waals surface area contributed by atoms with Gasteiger partial charge in [0.15, 0.2) is 0 Å². The number of piperidine rings is 1. The summed E-state index contributed by atoms with van der Waals surface area (Å²) in [6.07, 6.45) is 11.8. The van der Waals surface area contributed by atoms with E-state index in [0.29, 0.717) is 17.7 Å². The molecule has 0 atom stereocenters. The predicted octanol–water partition coefficient (Wildman–Crippen LogP) is 3.14. The Bertz CT molecular complexity index is 871. The SMILES string of the molecule is CC1(Nc2ncc3c(OC4CCNCC4)ncc([C@H]4CC[C@H](O)CC4)c3n2)CC1. The van der Waals surface area contributed by atoms with Gasteiger partial charge in [-0.05, 0) is 77.3 Å². The van der Waals surface area contributed by atoms with Crippen molar-refractivity contribution in [1.29, 1.82) is 0 Å². The van der Waals surface area contributed by atoms with E-state index < -0.39 is 0 Å². The van der Waals surface area contributed by atoms with E-state index in [9.17, 15) is 5.11 Å². The number of fused-ring (bicyclic) bond motifs is 1. The Labute approximate surface area is 171 Å². The van der Waals surface area contributed by atoms with Crippen LogP contribution < -0.4 is 15.4 Å². The topological polar surface area (TPSA) is 92.2 Å². The summed E-state index contributed by atoms with van der Waals surface area (Å²) < 4.78 is 6.29. The maximum absolute atomic E-state index is 9.92. The van der Waals surface area contributed by atoms with Gasteiger partial charge in [0.2, 0.25) is 11.8 Å². The van der Waals surface area contributed by atoms with Crippen molar-refractivity contribution in [1.82, 2.24) is 20.3 Å². The molecule has 0 aromatic carbocycles. The molecule has 7 nitrogen and oxygen atoms in total. The van der Waals surface area contributed by atoms with Gasteiger partial charge in [0.05, 0.1) is 17.0 Å². The van der Waals surface area contributed by atoms with E-state index in [0.717, 1.165) is 80.9 Å². The Balaban J connectivity index is 1.50. The van der Waals surface area contributed by atoms with Crippen LogP contribution in [0.25, 0.3) is 10.9 Å². The average molecular weight is 398 g/mol. The molecule has 2 aromatic rings. The number of aliphatic hydroxyl groups is 1. The minimum absolute atomic E-state index is 0.129. The number of ether oxygens (including phenoxy) is 1. The van der Waals surface area contributed by atoms with E-state index >= 15 is 0 Å². The highest BCUT2D eigenvalue weighted by atomic mass is 16.5. The van der Waals surface area contributed by atoms with E-state index in [1.54, 1.807) is 0 Å². The quantitative estimate of drug-likeness (QED) is 0.714. The zero-order valence-corrected chi connectivity index (χ0v) is 17.2. The highest BCUT2D eigenvalue weighted by Gasteiger charge is 2.38. The third-order valence-corrected chi connectivity index (χ3v) is 6.73. The molecule has 7 heteroatoms. The normalized spacial score (nSPS) is 27.0. The molecule has 1 saturated heterocycles. The summed E-state index contributed by atoms with van der Waals surface area (Å²) in [4.78, 5) is 14.2. The van der Waals surface area contributed by atoms with Gasteiger partial charge in [0.1, 0.15) is 6.10 Å². The van der Waals surface area contributed by atoms with Gasteiger partial charge >= 0.3 is 0 Å². The lowest BCUT2D eigenvalue weighted by Gasteiger charge is -2.27. The van der Waals surface area contributed by atoms with Crippen molar-refractivity contribution in [3.63, 3.8) is 0 Å². The lowest BCUT2D eigenvalue weighted by Crippen LogP contribution is -2.34. The minimum atomic E-state index is -0.172. The first-order valence-corrected chi connectivity index (χ1v) is 11.1. The molecular weight excluding hydrogens is 366 g/mol. The van der Waals surface area contributed by atoms with Crippen molar-refractivity contribution in [2.75, 3.05) is 18.4 Å².